The molecule has 0 saturated heterocycles. The Kier molecular flexibility index (Phi) is 68.9. The zero-order valence-electron chi connectivity index (χ0n) is 54.8. The number of aliphatic hydroxyl groups is 2. The van der Waals surface area contributed by atoms with Crippen LogP contribution < -0.4 is 5.32 Å². The molecule has 3 N–H and O–H groups in total. The first-order valence-corrected chi connectivity index (χ1v) is 36.8. The third-order valence-corrected chi connectivity index (χ3v) is 17.1. The number of hydrogen-bond acceptors (Lipinski definition) is 5. The fourth-order valence-electron chi connectivity index (χ4n) is 11.5. The third-order valence-electron chi connectivity index (χ3n) is 17.1. The number of aliphatic hydroxyl groups excluding tert-OH is 2. The van der Waals surface area contributed by atoms with Crippen LogP contribution in [0, 0.1) is 0 Å². The van der Waals surface area contributed by atoms with Crippen LogP contribution in [0.1, 0.15) is 406 Å². The highest BCUT2D eigenvalue weighted by molar-refractivity contribution is 5.76. The summed E-state index contributed by atoms with van der Waals surface area (Å²) in [5.41, 5.74) is 0. The smallest absolute Gasteiger partial charge is 0.305 e. The van der Waals surface area contributed by atoms with Crippen LogP contribution in [0.5, 0.6) is 0 Å². The number of hydrogen-bond donors (Lipinski definition) is 3. The molecule has 0 saturated carbocycles. The lowest BCUT2D eigenvalue weighted by molar-refractivity contribution is -0.143. The summed E-state index contributed by atoms with van der Waals surface area (Å²) in [4.78, 5) is 24.6. The highest BCUT2D eigenvalue weighted by Crippen LogP contribution is 2.19. The van der Waals surface area contributed by atoms with Crippen LogP contribution in [0.2, 0.25) is 0 Å². The molecule has 0 aromatic rings. The zero-order chi connectivity index (χ0) is 58.5. The van der Waals surface area contributed by atoms with Gasteiger partial charge in [0.05, 0.1) is 25.4 Å². The van der Waals surface area contributed by atoms with E-state index in [9.17, 15) is 19.8 Å². The molecule has 0 heterocycles. The molecule has 478 valence electrons. The Morgan fingerprint density at radius 1 is 0.333 bits per heavy atom. The van der Waals surface area contributed by atoms with Crippen LogP contribution in [0.4, 0.5) is 0 Å². The van der Waals surface area contributed by atoms with E-state index in [0.29, 0.717) is 19.4 Å². The van der Waals surface area contributed by atoms with Crippen molar-refractivity contribution >= 4 is 11.9 Å². The second-order valence-corrected chi connectivity index (χ2v) is 25.3. The fourth-order valence-corrected chi connectivity index (χ4v) is 11.5. The molecule has 0 fully saturated rings. The van der Waals surface area contributed by atoms with Crippen molar-refractivity contribution in [3.8, 4) is 0 Å². The van der Waals surface area contributed by atoms with Gasteiger partial charge >= 0.3 is 5.97 Å². The van der Waals surface area contributed by atoms with Crippen molar-refractivity contribution in [2.75, 3.05) is 13.2 Å². The van der Waals surface area contributed by atoms with Crippen molar-refractivity contribution < 1.29 is 24.5 Å². The van der Waals surface area contributed by atoms with Crippen molar-refractivity contribution in [2.45, 2.75) is 418 Å². The Labute approximate surface area is 506 Å². The first-order chi connectivity index (χ1) is 40.0. The van der Waals surface area contributed by atoms with Gasteiger partial charge in [-0.25, -0.2) is 0 Å². The summed E-state index contributed by atoms with van der Waals surface area (Å²) in [6, 6.07) is -0.624. The molecule has 0 spiro atoms. The van der Waals surface area contributed by atoms with E-state index in [2.05, 4.69) is 43.5 Å². The summed E-state index contributed by atoms with van der Waals surface area (Å²) in [7, 11) is 0. The lowest BCUT2D eigenvalue weighted by atomic mass is 10.0. The summed E-state index contributed by atoms with van der Waals surface area (Å²) in [5.74, 6) is -0.0465. The number of amides is 1. The van der Waals surface area contributed by atoms with Crippen molar-refractivity contribution in [3.05, 3.63) is 36.5 Å². The Bertz CT molecular complexity index is 1310. The van der Waals surface area contributed by atoms with Crippen molar-refractivity contribution in [2.24, 2.45) is 0 Å². The van der Waals surface area contributed by atoms with E-state index in [0.717, 1.165) is 44.9 Å². The molecule has 0 aliphatic carbocycles. The molecule has 0 aromatic carbocycles. The molecule has 81 heavy (non-hydrogen) atoms. The van der Waals surface area contributed by atoms with Crippen molar-refractivity contribution in [1.82, 2.24) is 5.32 Å². The molecule has 6 heteroatoms. The minimum atomic E-state index is -0.841. The maximum atomic E-state index is 12.5. The van der Waals surface area contributed by atoms with Crippen molar-refractivity contribution in [1.29, 1.82) is 0 Å². The van der Waals surface area contributed by atoms with Crippen LogP contribution >= 0.6 is 0 Å². The molecule has 0 aliphatic heterocycles. The van der Waals surface area contributed by atoms with Gasteiger partial charge < -0.3 is 20.3 Å². The number of esters is 1. The van der Waals surface area contributed by atoms with Gasteiger partial charge in [0, 0.05) is 12.8 Å². The van der Waals surface area contributed by atoms with Gasteiger partial charge in [-0.3, -0.25) is 9.59 Å². The molecule has 6 nitrogen and oxygen atoms in total. The Morgan fingerprint density at radius 2 is 0.580 bits per heavy atom. The second kappa shape index (κ2) is 70.6. The summed E-state index contributed by atoms with van der Waals surface area (Å²) in [5, 5.41) is 23.1. The van der Waals surface area contributed by atoms with Gasteiger partial charge in [0.15, 0.2) is 0 Å². The number of rotatable bonds is 69. The predicted octanol–water partition coefficient (Wildman–Crippen LogP) is 23.9. The molecule has 0 aliphatic rings. The number of ether oxygens (including phenoxy) is 1. The number of carbonyl (C=O) groups is 2. The Morgan fingerprint density at radius 3 is 0.877 bits per heavy atom. The third kappa shape index (κ3) is 67.1. The topological polar surface area (TPSA) is 95.9 Å². The van der Waals surface area contributed by atoms with Gasteiger partial charge in [0.2, 0.25) is 5.91 Å². The molecule has 0 bridgehead atoms. The van der Waals surface area contributed by atoms with Gasteiger partial charge in [-0.15, -0.1) is 0 Å². The van der Waals surface area contributed by atoms with E-state index in [-0.39, 0.29) is 18.5 Å². The molecular formula is C75H143NO5. The van der Waals surface area contributed by atoms with Gasteiger partial charge in [0.1, 0.15) is 0 Å². The van der Waals surface area contributed by atoms with Gasteiger partial charge in [-0.1, -0.05) is 346 Å². The van der Waals surface area contributed by atoms with E-state index in [1.165, 1.54) is 334 Å². The summed E-state index contributed by atoms with van der Waals surface area (Å²) in [6.45, 7) is 4.92. The SMILES string of the molecule is CCCCCCCC/C=C\CCCCCCCCCC(=O)OCCCCCCCCCCCCCCCC/C=C\CCCCCCCCCCCCCCCCCCCC(=O)NC(CO)C(O)/C=C/CCCCCCCCCCCC. The monoisotopic (exact) mass is 1140 g/mol. The molecule has 0 radical (unpaired) electrons. The Balaban J connectivity index is 3.33. The second-order valence-electron chi connectivity index (χ2n) is 25.3. The molecule has 0 rings (SSSR count). The van der Waals surface area contributed by atoms with Crippen LogP contribution in [-0.2, 0) is 14.3 Å². The molecule has 0 aromatic heterocycles. The van der Waals surface area contributed by atoms with E-state index in [1.807, 2.05) is 6.08 Å². The minimum absolute atomic E-state index is 0.0171. The number of nitrogens with one attached hydrogen (secondary N) is 1. The van der Waals surface area contributed by atoms with Crippen LogP contribution in [0.25, 0.3) is 0 Å². The van der Waals surface area contributed by atoms with E-state index >= 15 is 0 Å². The van der Waals surface area contributed by atoms with Crippen LogP contribution in [0.15, 0.2) is 36.5 Å². The predicted molar refractivity (Wildman–Crippen MR) is 356 cm³/mol. The van der Waals surface area contributed by atoms with Gasteiger partial charge in [-0.05, 0) is 83.5 Å². The maximum Gasteiger partial charge on any atom is 0.305 e. The molecule has 2 atom stereocenters. The molecular weight excluding hydrogens is 995 g/mol. The average Bonchev–Trinajstić information content (AvgIpc) is 3.47. The number of unbranched alkanes of at least 4 members (excludes halogenated alkanes) is 54. The highest BCUT2D eigenvalue weighted by atomic mass is 16.5. The summed E-state index contributed by atoms with van der Waals surface area (Å²) < 4.78 is 5.51. The highest BCUT2D eigenvalue weighted by Gasteiger charge is 2.18. The first-order valence-electron chi connectivity index (χ1n) is 36.8. The molecule has 2 unspecified atom stereocenters. The van der Waals surface area contributed by atoms with E-state index < -0.39 is 12.1 Å². The first kappa shape index (κ1) is 79.1. The lowest BCUT2D eigenvalue weighted by Gasteiger charge is -2.20. The van der Waals surface area contributed by atoms with E-state index in [4.69, 9.17) is 4.74 Å². The van der Waals surface area contributed by atoms with Gasteiger partial charge in [-0.2, -0.15) is 0 Å². The Hall–Kier alpha value is -1.92. The average molecular weight is 1140 g/mol. The quantitative estimate of drug-likeness (QED) is 0.0320. The van der Waals surface area contributed by atoms with Crippen molar-refractivity contribution in [3.63, 3.8) is 0 Å². The van der Waals surface area contributed by atoms with Gasteiger partial charge in [0.25, 0.3) is 0 Å². The summed E-state index contributed by atoms with van der Waals surface area (Å²) in [6.07, 6.45) is 91.1. The molecule has 1 amide bonds. The zero-order valence-corrected chi connectivity index (χ0v) is 54.8. The largest absolute Gasteiger partial charge is 0.466 e. The van der Waals surface area contributed by atoms with Crippen LogP contribution in [-0.4, -0.2) is 47.4 Å². The van der Waals surface area contributed by atoms with E-state index in [1.54, 1.807) is 6.08 Å². The minimum Gasteiger partial charge on any atom is -0.466 e. The standard InChI is InChI=1S/C75H143NO5/c1-3-5-7-9-11-13-15-17-18-38-42-45-49-53-57-61-65-69-75(80)81-70-66-62-58-54-50-46-43-40-37-35-33-31-29-27-25-23-21-19-20-22-24-26-28-30-32-34-36-39-41-44-48-52-56-60-64-68-74(79)76-72(71-77)73(78)67-63-59-55-51-47-16-14-12-10-8-6-4-2/h17-18,21,23,63,67,72-73,77-78H,3-16,19-20,22,24-62,64-66,68-71H2,1-2H3,(H,76,79)/b18-17-,23-21-,67-63+. The maximum absolute atomic E-state index is 12.5. The van der Waals surface area contributed by atoms with Crippen LogP contribution in [0.3, 0.4) is 0 Å². The lowest BCUT2D eigenvalue weighted by Crippen LogP contribution is -2.45. The number of allylic oxidation sites excluding steroid dienone is 5. The number of carbonyl (C=O) groups excluding carboxylic acids is 2. The summed E-state index contributed by atoms with van der Waals surface area (Å²) >= 11 is 0. The fraction of sp³-hybridized carbons (Fsp3) is 0.893. The normalized spacial score (nSPS) is 12.7.